The van der Waals surface area contributed by atoms with Crippen molar-refractivity contribution < 1.29 is 8.42 Å². The van der Waals surface area contributed by atoms with E-state index in [9.17, 15) is 8.42 Å². The molecule has 0 aliphatic heterocycles. The maximum absolute atomic E-state index is 12.8. The molecular formula is C16H31NO2S. The zero-order valence-electron chi connectivity index (χ0n) is 13.3. The van der Waals surface area contributed by atoms with Crippen LogP contribution in [0, 0.1) is 11.3 Å². The summed E-state index contributed by atoms with van der Waals surface area (Å²) in [6, 6.07) is 0.133. The van der Waals surface area contributed by atoms with Crippen molar-refractivity contribution in [2.45, 2.75) is 77.0 Å². The van der Waals surface area contributed by atoms with Gasteiger partial charge in [-0.3, -0.25) is 0 Å². The number of rotatable bonds is 6. The molecule has 2 unspecified atom stereocenters. The topological polar surface area (TPSA) is 46.2 Å². The van der Waals surface area contributed by atoms with Gasteiger partial charge in [0.25, 0.3) is 0 Å². The van der Waals surface area contributed by atoms with Crippen LogP contribution < -0.4 is 5.32 Å². The standard InChI is InChI=1S/C16H31NO2S/c1-4-11-17-15-14(9-10-16(15,2)3)20(18,19)12-13-7-5-6-8-13/h13-15,17H,4-12H2,1-3H3. The molecule has 0 amide bonds. The molecule has 2 rings (SSSR count). The monoisotopic (exact) mass is 301 g/mol. The summed E-state index contributed by atoms with van der Waals surface area (Å²) in [4.78, 5) is 0. The van der Waals surface area contributed by atoms with Crippen LogP contribution >= 0.6 is 0 Å². The van der Waals surface area contributed by atoms with Crippen LogP contribution in [0.5, 0.6) is 0 Å². The molecule has 118 valence electrons. The largest absolute Gasteiger partial charge is 0.312 e. The van der Waals surface area contributed by atoms with E-state index < -0.39 is 9.84 Å². The Morgan fingerprint density at radius 2 is 1.80 bits per heavy atom. The minimum Gasteiger partial charge on any atom is -0.312 e. The molecule has 3 nitrogen and oxygen atoms in total. The Labute approximate surface area is 124 Å². The van der Waals surface area contributed by atoms with E-state index in [4.69, 9.17) is 0 Å². The summed E-state index contributed by atoms with van der Waals surface area (Å²) in [6.45, 7) is 7.48. The summed E-state index contributed by atoms with van der Waals surface area (Å²) < 4.78 is 25.6. The lowest BCUT2D eigenvalue weighted by Gasteiger charge is -2.32. The Morgan fingerprint density at radius 3 is 2.40 bits per heavy atom. The number of hydrogen-bond donors (Lipinski definition) is 1. The predicted octanol–water partition coefficient (Wildman–Crippen LogP) is 3.15. The van der Waals surface area contributed by atoms with Gasteiger partial charge in [-0.2, -0.15) is 0 Å². The highest BCUT2D eigenvalue weighted by molar-refractivity contribution is 7.92. The van der Waals surface area contributed by atoms with Crippen LogP contribution in [0.4, 0.5) is 0 Å². The molecule has 2 atom stereocenters. The Bertz CT molecular complexity index is 410. The van der Waals surface area contributed by atoms with Crippen LogP contribution in [0.1, 0.15) is 65.7 Å². The number of hydrogen-bond acceptors (Lipinski definition) is 3. The van der Waals surface area contributed by atoms with E-state index in [1.54, 1.807) is 0 Å². The van der Waals surface area contributed by atoms with Crippen LogP contribution in [0.15, 0.2) is 0 Å². The molecule has 1 N–H and O–H groups in total. The molecule has 20 heavy (non-hydrogen) atoms. The third kappa shape index (κ3) is 3.56. The second-order valence-corrected chi connectivity index (χ2v) is 9.74. The smallest absolute Gasteiger partial charge is 0.154 e. The van der Waals surface area contributed by atoms with Gasteiger partial charge in [0.2, 0.25) is 0 Å². The van der Waals surface area contributed by atoms with E-state index >= 15 is 0 Å². The molecule has 0 saturated heterocycles. The molecule has 2 fully saturated rings. The molecule has 4 heteroatoms. The zero-order chi connectivity index (χ0) is 14.8. The Balaban J connectivity index is 2.08. The third-order valence-corrected chi connectivity index (χ3v) is 7.67. The lowest BCUT2D eigenvalue weighted by atomic mass is 9.87. The van der Waals surface area contributed by atoms with Crippen LogP contribution in [-0.2, 0) is 9.84 Å². The maximum Gasteiger partial charge on any atom is 0.154 e. The minimum atomic E-state index is -2.96. The fraction of sp³-hybridized carbons (Fsp3) is 1.00. The normalized spacial score (nSPS) is 30.9. The zero-order valence-corrected chi connectivity index (χ0v) is 14.1. The summed E-state index contributed by atoms with van der Waals surface area (Å²) in [6.07, 6.45) is 7.57. The van der Waals surface area contributed by atoms with Gasteiger partial charge in [0.05, 0.1) is 11.0 Å². The van der Waals surface area contributed by atoms with E-state index in [1.165, 1.54) is 12.8 Å². The van der Waals surface area contributed by atoms with E-state index in [0.29, 0.717) is 11.7 Å². The van der Waals surface area contributed by atoms with Crippen molar-refractivity contribution in [1.29, 1.82) is 0 Å². The van der Waals surface area contributed by atoms with Gasteiger partial charge in [0, 0.05) is 6.04 Å². The van der Waals surface area contributed by atoms with Crippen LogP contribution in [0.25, 0.3) is 0 Å². The average Bonchev–Trinajstić information content (AvgIpc) is 2.94. The molecule has 0 bridgehead atoms. The first-order chi connectivity index (χ1) is 9.37. The fourth-order valence-electron chi connectivity index (χ4n) is 4.06. The molecule has 0 spiro atoms. The van der Waals surface area contributed by atoms with Gasteiger partial charge < -0.3 is 5.32 Å². The number of sulfone groups is 1. The van der Waals surface area contributed by atoms with Gasteiger partial charge in [-0.25, -0.2) is 8.42 Å². The molecule has 0 aromatic rings. The molecule has 0 radical (unpaired) electrons. The second-order valence-electron chi connectivity index (χ2n) is 7.48. The highest BCUT2D eigenvalue weighted by atomic mass is 32.2. The summed E-state index contributed by atoms with van der Waals surface area (Å²) in [5, 5.41) is 3.36. The van der Waals surface area contributed by atoms with Crippen molar-refractivity contribution in [2.24, 2.45) is 11.3 Å². The highest BCUT2D eigenvalue weighted by Crippen LogP contribution is 2.42. The molecule has 0 aromatic carbocycles. The minimum absolute atomic E-state index is 0.0998. The molecular weight excluding hydrogens is 270 g/mol. The third-order valence-electron chi connectivity index (χ3n) is 5.31. The van der Waals surface area contributed by atoms with Gasteiger partial charge in [0.1, 0.15) is 0 Å². The van der Waals surface area contributed by atoms with Gasteiger partial charge in [-0.15, -0.1) is 0 Å². The first-order valence-electron chi connectivity index (χ1n) is 8.32. The summed E-state index contributed by atoms with van der Waals surface area (Å²) >= 11 is 0. The Morgan fingerprint density at radius 1 is 1.15 bits per heavy atom. The van der Waals surface area contributed by atoms with Crippen molar-refractivity contribution >= 4 is 9.84 Å². The molecule has 2 aliphatic carbocycles. The summed E-state index contributed by atoms with van der Waals surface area (Å²) in [7, 11) is -2.96. The van der Waals surface area contributed by atoms with Gasteiger partial charge in [-0.1, -0.05) is 33.6 Å². The summed E-state index contributed by atoms with van der Waals surface area (Å²) in [5.74, 6) is 0.855. The van der Waals surface area contributed by atoms with Crippen molar-refractivity contribution in [3.8, 4) is 0 Å². The average molecular weight is 301 g/mol. The number of nitrogens with one attached hydrogen (secondary N) is 1. The molecule has 2 aliphatic rings. The molecule has 0 aromatic heterocycles. The lowest BCUT2D eigenvalue weighted by molar-refractivity contribution is 0.284. The fourth-order valence-corrected chi connectivity index (χ4v) is 6.66. The van der Waals surface area contributed by atoms with Crippen LogP contribution in [0.3, 0.4) is 0 Å². The van der Waals surface area contributed by atoms with Gasteiger partial charge in [0.15, 0.2) is 9.84 Å². The molecule has 0 heterocycles. The van der Waals surface area contributed by atoms with Crippen molar-refractivity contribution in [2.75, 3.05) is 12.3 Å². The lowest BCUT2D eigenvalue weighted by Crippen LogP contribution is -2.48. The second kappa shape index (κ2) is 6.35. The Kier molecular flexibility index (Phi) is 5.17. The van der Waals surface area contributed by atoms with E-state index in [1.807, 2.05) is 0 Å². The van der Waals surface area contributed by atoms with Gasteiger partial charge >= 0.3 is 0 Å². The van der Waals surface area contributed by atoms with Crippen molar-refractivity contribution in [3.05, 3.63) is 0 Å². The van der Waals surface area contributed by atoms with E-state index in [2.05, 4.69) is 26.1 Å². The predicted molar refractivity (Wildman–Crippen MR) is 84.6 cm³/mol. The SMILES string of the molecule is CCCNC1C(S(=O)(=O)CC2CCCC2)CCC1(C)C. The Hall–Kier alpha value is -0.0900. The molecule has 2 saturated carbocycles. The first-order valence-corrected chi connectivity index (χ1v) is 10.0. The van der Waals surface area contributed by atoms with E-state index in [0.717, 1.165) is 38.6 Å². The van der Waals surface area contributed by atoms with E-state index in [-0.39, 0.29) is 16.7 Å². The van der Waals surface area contributed by atoms with Gasteiger partial charge in [-0.05, 0) is 50.0 Å². The van der Waals surface area contributed by atoms with Crippen molar-refractivity contribution in [1.82, 2.24) is 5.32 Å². The quantitative estimate of drug-likeness (QED) is 0.820. The van der Waals surface area contributed by atoms with Crippen LogP contribution in [0.2, 0.25) is 0 Å². The highest BCUT2D eigenvalue weighted by Gasteiger charge is 2.47. The van der Waals surface area contributed by atoms with Crippen molar-refractivity contribution in [3.63, 3.8) is 0 Å². The first kappa shape index (κ1) is 16.3. The van der Waals surface area contributed by atoms with Crippen LogP contribution in [-0.4, -0.2) is 32.0 Å². The summed E-state index contributed by atoms with van der Waals surface area (Å²) in [5.41, 5.74) is 0.0998. The maximum atomic E-state index is 12.8.